The summed E-state index contributed by atoms with van der Waals surface area (Å²) in [5, 5.41) is 4.07. The molecule has 1 aliphatic heterocycles. The highest BCUT2D eigenvalue weighted by molar-refractivity contribution is 5.81. The van der Waals surface area contributed by atoms with Crippen molar-refractivity contribution in [1.29, 1.82) is 0 Å². The second-order valence-electron chi connectivity index (χ2n) is 7.91. The molecule has 4 rings (SSSR count). The number of alkyl halides is 2. The maximum absolute atomic E-state index is 13.6. The lowest BCUT2D eigenvalue weighted by Crippen LogP contribution is -2.39. The van der Waals surface area contributed by atoms with E-state index in [9.17, 15) is 13.6 Å². The average Bonchev–Trinajstić information content (AvgIpc) is 3.19. The fraction of sp³-hybridized carbons (Fsp3) is 0.435. The van der Waals surface area contributed by atoms with Crippen molar-refractivity contribution in [3.63, 3.8) is 0 Å². The summed E-state index contributed by atoms with van der Waals surface area (Å²) in [6.45, 7) is 2.70. The molecule has 32 heavy (non-hydrogen) atoms. The zero-order valence-electron chi connectivity index (χ0n) is 18.2. The lowest BCUT2D eigenvalue weighted by molar-refractivity contribution is -0.131. The summed E-state index contributed by atoms with van der Waals surface area (Å²) in [4.78, 5) is 19.0. The summed E-state index contributed by atoms with van der Waals surface area (Å²) in [5.41, 5.74) is 1.85. The quantitative estimate of drug-likeness (QED) is 0.559. The number of carbonyl (C=O) groups is 1. The third-order valence-electron chi connectivity index (χ3n) is 5.97. The van der Waals surface area contributed by atoms with Crippen LogP contribution in [0.4, 0.5) is 8.78 Å². The minimum Gasteiger partial charge on any atom is -0.493 e. The standard InChI is InChI=1S/C23H25F2N3O4/c1-13-21-16(22(24)25)12-17(26-23(21)32-27-13)15-6-8-28(9-7-15)20(29)11-14-4-5-18(30-2)19(10-14)31-3/h4-5,10,12,15,22H,6-9,11H2,1-3H3. The lowest BCUT2D eigenvalue weighted by atomic mass is 9.91. The maximum atomic E-state index is 13.6. The molecule has 0 spiro atoms. The van der Waals surface area contributed by atoms with Crippen LogP contribution in [0.1, 0.15) is 47.7 Å². The molecule has 9 heteroatoms. The Bertz CT molecular complexity index is 1120. The minimum atomic E-state index is -2.64. The first kappa shape index (κ1) is 22.0. The number of nitrogens with zero attached hydrogens (tertiary/aromatic N) is 3. The van der Waals surface area contributed by atoms with E-state index < -0.39 is 6.43 Å². The number of pyridine rings is 1. The number of carbonyl (C=O) groups excluding carboxylic acids is 1. The van der Waals surface area contributed by atoms with Gasteiger partial charge < -0.3 is 18.9 Å². The van der Waals surface area contributed by atoms with E-state index in [4.69, 9.17) is 14.0 Å². The summed E-state index contributed by atoms with van der Waals surface area (Å²) in [5.74, 6) is 1.18. The Hall–Kier alpha value is -3.23. The average molecular weight is 445 g/mol. The van der Waals surface area contributed by atoms with Crippen LogP contribution in [0, 0.1) is 6.92 Å². The molecule has 170 valence electrons. The number of rotatable bonds is 6. The van der Waals surface area contributed by atoms with Gasteiger partial charge in [-0.2, -0.15) is 0 Å². The van der Waals surface area contributed by atoms with Crippen LogP contribution in [0.5, 0.6) is 11.5 Å². The number of fused-ring (bicyclic) bond motifs is 1. The first-order valence-electron chi connectivity index (χ1n) is 10.4. The van der Waals surface area contributed by atoms with E-state index >= 15 is 0 Å². The van der Waals surface area contributed by atoms with E-state index in [1.54, 1.807) is 38.2 Å². The number of hydrogen-bond donors (Lipinski definition) is 0. The zero-order chi connectivity index (χ0) is 22.8. The SMILES string of the molecule is COc1ccc(CC(=O)N2CCC(c3cc(C(F)F)c4c(C)noc4n3)CC2)cc1OC. The van der Waals surface area contributed by atoms with Gasteiger partial charge in [0.05, 0.1) is 31.7 Å². The van der Waals surface area contributed by atoms with Gasteiger partial charge in [0.1, 0.15) is 0 Å². The van der Waals surface area contributed by atoms with Crippen molar-refractivity contribution in [3.05, 3.63) is 46.8 Å². The largest absolute Gasteiger partial charge is 0.493 e. The number of ether oxygens (including phenoxy) is 2. The van der Waals surface area contributed by atoms with Crippen molar-refractivity contribution >= 4 is 17.0 Å². The van der Waals surface area contributed by atoms with Crippen molar-refractivity contribution in [1.82, 2.24) is 15.0 Å². The second kappa shape index (κ2) is 9.10. The van der Waals surface area contributed by atoms with Gasteiger partial charge in [-0.1, -0.05) is 11.2 Å². The molecule has 0 saturated carbocycles. The number of aryl methyl sites for hydroxylation is 1. The number of methoxy groups -OCH3 is 2. The van der Waals surface area contributed by atoms with E-state index in [0.29, 0.717) is 48.8 Å². The summed E-state index contributed by atoms with van der Waals surface area (Å²) in [6, 6.07) is 6.88. The highest BCUT2D eigenvalue weighted by Gasteiger charge is 2.28. The Morgan fingerprint density at radius 1 is 1.19 bits per heavy atom. The number of likely N-dealkylation sites (tertiary alicyclic amines) is 1. The second-order valence-corrected chi connectivity index (χ2v) is 7.91. The fourth-order valence-corrected chi connectivity index (χ4v) is 4.23. The Morgan fingerprint density at radius 3 is 2.56 bits per heavy atom. The highest BCUT2D eigenvalue weighted by atomic mass is 19.3. The van der Waals surface area contributed by atoms with E-state index in [-0.39, 0.29) is 34.9 Å². The molecule has 0 N–H and O–H groups in total. The van der Waals surface area contributed by atoms with E-state index in [2.05, 4.69) is 10.1 Å². The molecule has 0 unspecified atom stereocenters. The van der Waals surface area contributed by atoms with Crippen molar-refractivity contribution in [3.8, 4) is 11.5 Å². The van der Waals surface area contributed by atoms with E-state index in [1.807, 2.05) is 6.07 Å². The molecule has 0 atom stereocenters. The monoisotopic (exact) mass is 445 g/mol. The van der Waals surface area contributed by atoms with Crippen LogP contribution >= 0.6 is 0 Å². The number of amides is 1. The third kappa shape index (κ3) is 4.24. The summed E-state index contributed by atoms with van der Waals surface area (Å²) < 4.78 is 42.9. The highest BCUT2D eigenvalue weighted by Crippen LogP contribution is 2.35. The Kier molecular flexibility index (Phi) is 6.25. The number of piperidine rings is 1. The van der Waals surface area contributed by atoms with Crippen LogP contribution < -0.4 is 9.47 Å². The fourth-order valence-electron chi connectivity index (χ4n) is 4.23. The molecule has 3 aromatic rings. The molecular formula is C23H25F2N3O4. The molecule has 3 heterocycles. The van der Waals surface area contributed by atoms with Gasteiger partial charge in [-0.3, -0.25) is 4.79 Å². The van der Waals surface area contributed by atoms with Gasteiger partial charge in [0, 0.05) is 30.3 Å². The summed E-state index contributed by atoms with van der Waals surface area (Å²) in [7, 11) is 3.12. The molecule has 1 aliphatic rings. The molecule has 1 amide bonds. The molecule has 2 aromatic heterocycles. The van der Waals surface area contributed by atoms with Crippen molar-refractivity contribution in [2.75, 3.05) is 27.3 Å². The predicted octanol–water partition coefficient (Wildman–Crippen LogP) is 4.43. The molecule has 0 bridgehead atoms. The van der Waals surface area contributed by atoms with Gasteiger partial charge in [-0.15, -0.1) is 0 Å². The number of halogens is 2. The molecule has 0 radical (unpaired) electrons. The van der Waals surface area contributed by atoms with Crippen LogP contribution in [0.2, 0.25) is 0 Å². The number of hydrogen-bond acceptors (Lipinski definition) is 6. The molecule has 1 aromatic carbocycles. The maximum Gasteiger partial charge on any atom is 0.264 e. The smallest absolute Gasteiger partial charge is 0.264 e. The molecule has 0 aliphatic carbocycles. The Balaban J connectivity index is 1.44. The van der Waals surface area contributed by atoms with Gasteiger partial charge in [0.2, 0.25) is 5.91 Å². The summed E-state index contributed by atoms with van der Waals surface area (Å²) >= 11 is 0. The number of aromatic nitrogens is 2. The van der Waals surface area contributed by atoms with Crippen LogP contribution in [0.25, 0.3) is 11.1 Å². The molecule has 1 fully saturated rings. The molecule has 7 nitrogen and oxygen atoms in total. The Morgan fingerprint density at radius 2 is 1.91 bits per heavy atom. The molecular weight excluding hydrogens is 420 g/mol. The number of benzene rings is 1. The minimum absolute atomic E-state index is 0.0122. The van der Waals surface area contributed by atoms with Crippen LogP contribution in [-0.4, -0.2) is 48.3 Å². The van der Waals surface area contributed by atoms with Gasteiger partial charge in [0.25, 0.3) is 12.1 Å². The first-order chi connectivity index (χ1) is 15.4. The van der Waals surface area contributed by atoms with Crippen molar-refractivity contribution in [2.45, 2.75) is 38.5 Å². The van der Waals surface area contributed by atoms with Gasteiger partial charge in [0.15, 0.2) is 11.5 Å². The zero-order valence-corrected chi connectivity index (χ0v) is 18.2. The normalized spacial score (nSPS) is 14.9. The summed E-state index contributed by atoms with van der Waals surface area (Å²) in [6.07, 6.45) is -1.10. The topological polar surface area (TPSA) is 77.7 Å². The van der Waals surface area contributed by atoms with Gasteiger partial charge in [-0.05, 0) is 43.5 Å². The van der Waals surface area contributed by atoms with Crippen molar-refractivity contribution < 1.29 is 27.6 Å². The molecule has 1 saturated heterocycles. The van der Waals surface area contributed by atoms with Gasteiger partial charge >= 0.3 is 0 Å². The van der Waals surface area contributed by atoms with E-state index in [1.165, 1.54) is 6.07 Å². The Labute approximate surface area is 184 Å². The van der Waals surface area contributed by atoms with Crippen LogP contribution in [-0.2, 0) is 11.2 Å². The van der Waals surface area contributed by atoms with E-state index in [0.717, 1.165) is 5.56 Å². The lowest BCUT2D eigenvalue weighted by Gasteiger charge is -2.32. The van der Waals surface area contributed by atoms with Crippen molar-refractivity contribution in [2.24, 2.45) is 0 Å². The first-order valence-corrected chi connectivity index (χ1v) is 10.4. The van der Waals surface area contributed by atoms with Crippen LogP contribution in [0.15, 0.2) is 28.8 Å². The third-order valence-corrected chi connectivity index (χ3v) is 5.97. The van der Waals surface area contributed by atoms with Gasteiger partial charge in [-0.25, -0.2) is 13.8 Å². The predicted molar refractivity (Wildman–Crippen MR) is 113 cm³/mol. The van der Waals surface area contributed by atoms with Crippen LogP contribution in [0.3, 0.4) is 0 Å².